The molecule has 0 atom stereocenters. The summed E-state index contributed by atoms with van der Waals surface area (Å²) in [6, 6.07) is 6.67. The summed E-state index contributed by atoms with van der Waals surface area (Å²) in [5.41, 5.74) is 4.53. The predicted octanol–water partition coefficient (Wildman–Crippen LogP) is 10.3. The molecule has 0 spiro atoms. The van der Waals surface area contributed by atoms with Crippen molar-refractivity contribution in [1.29, 1.82) is 0 Å². The summed E-state index contributed by atoms with van der Waals surface area (Å²) >= 11 is 1.34. The predicted molar refractivity (Wildman–Crippen MR) is 227 cm³/mol. The number of fused-ring (bicyclic) bond motifs is 2. The molecule has 1 saturated carbocycles. The van der Waals surface area contributed by atoms with Gasteiger partial charge in [-0.1, -0.05) is 65.3 Å². The topological polar surface area (TPSA) is 116 Å². The van der Waals surface area contributed by atoms with E-state index in [-0.39, 0.29) is 23.5 Å². The Labute approximate surface area is 335 Å². The highest BCUT2D eigenvalue weighted by molar-refractivity contribution is 7.98. The van der Waals surface area contributed by atoms with Gasteiger partial charge < -0.3 is 28.8 Å². The standard InChI is InChI=1S/C43H57FN4O6SSi/c1-25(2)56(26(3)4,27(5)6)20-17-31-33(44)16-15-29-21-30(52-24-51-12)22-32(34(29)31)37-28(7)36-35(39(49)53-37)38(47-40(46-36)55-13)45-23-43(18-14-19-43)48(11)41(50)54-42(8,9)10/h15-16,21-22,25-27H,14,18-19,23-24H2,1-13H3,(H,45,46,47). The van der Waals surface area contributed by atoms with E-state index in [1.165, 1.54) is 24.9 Å². The molecule has 1 N–H and O–H groups in total. The number of ether oxygens (including phenoxy) is 3. The lowest BCUT2D eigenvalue weighted by Gasteiger charge is -2.48. The zero-order valence-electron chi connectivity index (χ0n) is 35.2. The van der Waals surface area contributed by atoms with Crippen LogP contribution in [0.5, 0.6) is 5.75 Å². The fraction of sp³-hybridized carbons (Fsp3) is 0.535. The lowest BCUT2D eigenvalue weighted by atomic mass is 9.75. The normalized spacial score (nSPS) is 14.2. The molecule has 5 rings (SSSR count). The summed E-state index contributed by atoms with van der Waals surface area (Å²) in [4.78, 5) is 38.6. The molecule has 1 fully saturated rings. The molecule has 0 aliphatic heterocycles. The number of amides is 1. The quantitative estimate of drug-likeness (QED) is 0.0488. The molecule has 0 radical (unpaired) electrons. The molecule has 0 unspecified atom stereocenters. The van der Waals surface area contributed by atoms with Crippen LogP contribution in [-0.2, 0) is 9.47 Å². The number of thioether (sulfide) groups is 1. The third kappa shape index (κ3) is 8.29. The Morgan fingerprint density at radius 1 is 1.09 bits per heavy atom. The first-order valence-electron chi connectivity index (χ1n) is 19.3. The number of halogens is 1. The van der Waals surface area contributed by atoms with E-state index in [4.69, 9.17) is 28.6 Å². The number of nitrogens with one attached hydrogen (secondary N) is 1. The van der Waals surface area contributed by atoms with Gasteiger partial charge in [0.15, 0.2) is 11.9 Å². The molecular formula is C43H57FN4O6SSi. The lowest BCUT2D eigenvalue weighted by Crippen LogP contribution is -2.59. The van der Waals surface area contributed by atoms with Gasteiger partial charge in [-0.05, 0) is 93.4 Å². The number of aryl methyl sites for hydroxylation is 1. The lowest BCUT2D eigenvalue weighted by molar-refractivity contribution is -0.0117. The number of aromatic nitrogens is 2. The smallest absolute Gasteiger partial charge is 0.410 e. The van der Waals surface area contributed by atoms with E-state index in [1.54, 1.807) is 24.1 Å². The highest BCUT2D eigenvalue weighted by Crippen LogP contribution is 2.43. The third-order valence-electron chi connectivity index (χ3n) is 11.3. The number of anilines is 1. The molecular weight excluding hydrogens is 748 g/mol. The molecule has 10 nitrogen and oxygen atoms in total. The van der Waals surface area contributed by atoms with Crippen molar-refractivity contribution in [2.75, 3.05) is 39.1 Å². The van der Waals surface area contributed by atoms with Gasteiger partial charge in [-0.25, -0.2) is 23.9 Å². The Morgan fingerprint density at radius 2 is 1.75 bits per heavy atom. The van der Waals surface area contributed by atoms with Crippen LogP contribution in [0, 0.1) is 24.2 Å². The van der Waals surface area contributed by atoms with Crippen LogP contribution in [0.25, 0.3) is 33.0 Å². The van der Waals surface area contributed by atoms with Gasteiger partial charge in [-0.3, -0.25) is 0 Å². The van der Waals surface area contributed by atoms with E-state index in [1.807, 2.05) is 40.0 Å². The van der Waals surface area contributed by atoms with Crippen LogP contribution in [0.2, 0.25) is 16.6 Å². The Bertz CT molecular complexity index is 2210. The molecule has 1 aliphatic carbocycles. The number of carbonyl (C=O) groups is 1. The number of nitrogens with zero attached hydrogens (tertiary/aromatic N) is 3. The van der Waals surface area contributed by atoms with Crippen molar-refractivity contribution >= 4 is 53.4 Å². The molecule has 13 heteroatoms. The van der Waals surface area contributed by atoms with Crippen molar-refractivity contribution in [2.24, 2.45) is 0 Å². The molecule has 2 heterocycles. The molecule has 0 bridgehead atoms. The van der Waals surface area contributed by atoms with E-state index in [0.717, 1.165) is 19.3 Å². The number of hydrogen-bond donors (Lipinski definition) is 1. The van der Waals surface area contributed by atoms with Crippen LogP contribution in [0.15, 0.2) is 38.6 Å². The van der Waals surface area contributed by atoms with Crippen molar-refractivity contribution in [3.63, 3.8) is 0 Å². The Morgan fingerprint density at radius 3 is 2.30 bits per heavy atom. The van der Waals surface area contributed by atoms with Crippen molar-refractivity contribution < 1.29 is 27.8 Å². The molecule has 0 saturated heterocycles. The van der Waals surface area contributed by atoms with E-state index < -0.39 is 36.7 Å². The monoisotopic (exact) mass is 804 g/mol. The minimum absolute atomic E-state index is 0.0192. The van der Waals surface area contributed by atoms with Gasteiger partial charge in [0.2, 0.25) is 0 Å². The Hall–Kier alpha value is -4.12. The van der Waals surface area contributed by atoms with Crippen LogP contribution in [0.1, 0.15) is 92.7 Å². The van der Waals surface area contributed by atoms with E-state index in [9.17, 15) is 9.59 Å². The van der Waals surface area contributed by atoms with Gasteiger partial charge in [-0.2, -0.15) is 0 Å². The first kappa shape index (κ1) is 43.0. The van der Waals surface area contributed by atoms with E-state index in [0.29, 0.717) is 67.3 Å². The van der Waals surface area contributed by atoms with Crippen molar-refractivity contribution in [3.8, 4) is 28.5 Å². The van der Waals surface area contributed by atoms with Crippen molar-refractivity contribution in [2.45, 2.75) is 121 Å². The zero-order chi connectivity index (χ0) is 41.3. The number of hydrogen-bond acceptors (Lipinski definition) is 10. The van der Waals surface area contributed by atoms with E-state index >= 15 is 4.39 Å². The first-order valence-corrected chi connectivity index (χ1v) is 22.8. The molecule has 1 aliphatic rings. The average molecular weight is 805 g/mol. The maximum Gasteiger partial charge on any atom is 0.410 e. The minimum Gasteiger partial charge on any atom is -0.468 e. The minimum atomic E-state index is -2.26. The fourth-order valence-corrected chi connectivity index (χ4v) is 13.8. The summed E-state index contributed by atoms with van der Waals surface area (Å²) in [5, 5.41) is 5.21. The largest absolute Gasteiger partial charge is 0.468 e. The molecule has 302 valence electrons. The zero-order valence-corrected chi connectivity index (χ0v) is 37.0. The number of likely N-dealkylation sites (N-methyl/N-ethyl adjacent to an activating group) is 1. The summed E-state index contributed by atoms with van der Waals surface area (Å²) in [6.45, 7) is 21.0. The van der Waals surface area contributed by atoms with Crippen LogP contribution < -0.4 is 15.7 Å². The van der Waals surface area contributed by atoms with Gasteiger partial charge in [0.25, 0.3) is 0 Å². The Balaban J connectivity index is 1.72. The number of methoxy groups -OCH3 is 1. The van der Waals surface area contributed by atoms with Gasteiger partial charge in [0, 0.05) is 37.2 Å². The van der Waals surface area contributed by atoms with Crippen LogP contribution in [-0.4, -0.2) is 73.9 Å². The van der Waals surface area contributed by atoms with Gasteiger partial charge in [0.05, 0.1) is 16.6 Å². The Kier molecular flexibility index (Phi) is 12.9. The highest BCUT2D eigenvalue weighted by Gasteiger charge is 2.45. The van der Waals surface area contributed by atoms with Crippen molar-refractivity contribution in [3.05, 3.63) is 51.6 Å². The number of carbonyl (C=O) groups excluding carboxylic acids is 1. The molecule has 2 aromatic heterocycles. The fourth-order valence-electron chi connectivity index (χ4n) is 8.23. The van der Waals surface area contributed by atoms with Gasteiger partial charge in [-0.15, -0.1) is 5.54 Å². The first-order chi connectivity index (χ1) is 26.3. The van der Waals surface area contributed by atoms with Crippen LogP contribution >= 0.6 is 11.8 Å². The summed E-state index contributed by atoms with van der Waals surface area (Å²) in [7, 11) is 1.02. The second kappa shape index (κ2) is 16.8. The SMILES string of the molecule is COCOc1cc(-c2oc(=O)c3c(NCC4(N(C)C(=O)OC(C)(C)C)CCC4)nc(SC)nc3c2C)c2c(C#C[Si](C(C)C)(C(C)C)C(C)C)c(F)ccc2c1. The third-order valence-corrected chi connectivity index (χ3v) is 18.2. The van der Waals surface area contributed by atoms with Crippen LogP contribution in [0.3, 0.4) is 0 Å². The maximum absolute atomic E-state index is 16.2. The highest BCUT2D eigenvalue weighted by atomic mass is 32.2. The van der Waals surface area contributed by atoms with E-state index in [2.05, 4.69) is 58.3 Å². The molecule has 1 amide bonds. The second-order valence-electron chi connectivity index (χ2n) is 16.8. The summed E-state index contributed by atoms with van der Waals surface area (Å²) in [6.07, 6.45) is 3.92. The van der Waals surface area contributed by atoms with Gasteiger partial charge >= 0.3 is 11.7 Å². The molecule has 2 aromatic carbocycles. The number of benzene rings is 2. The van der Waals surface area contributed by atoms with Crippen molar-refractivity contribution in [1.82, 2.24) is 14.9 Å². The summed E-state index contributed by atoms with van der Waals surface area (Å²) in [5.74, 6) is 3.88. The maximum atomic E-state index is 16.2. The second-order valence-corrected chi connectivity index (χ2v) is 23.1. The summed E-state index contributed by atoms with van der Waals surface area (Å²) < 4.78 is 39.2. The van der Waals surface area contributed by atoms with Crippen LogP contribution in [0.4, 0.5) is 15.0 Å². The molecule has 56 heavy (non-hydrogen) atoms. The number of rotatable bonds is 12. The average Bonchev–Trinajstić information content (AvgIpc) is 3.10. The molecule has 4 aromatic rings. The van der Waals surface area contributed by atoms with Gasteiger partial charge in [0.1, 0.15) is 42.2 Å².